The molecule has 0 fully saturated rings. The molecule has 2 aromatic carbocycles. The number of carbonyl (C=O) groups excluding carboxylic acids is 2. The second-order valence-corrected chi connectivity index (χ2v) is 6.01. The van der Waals surface area contributed by atoms with Crippen molar-refractivity contribution in [2.24, 2.45) is 5.73 Å². The van der Waals surface area contributed by atoms with Crippen LogP contribution >= 0.6 is 11.6 Å². The number of carbonyl (C=O) groups is 2. The van der Waals surface area contributed by atoms with E-state index in [0.717, 1.165) is 13.0 Å². The number of rotatable bonds is 6. The zero-order valence-electron chi connectivity index (χ0n) is 13.2. The number of hydrogen-bond donors (Lipinski definition) is 2. The van der Waals surface area contributed by atoms with Gasteiger partial charge in [0, 0.05) is 33.5 Å². The number of hydrogen-bond acceptors (Lipinski definition) is 3. The van der Waals surface area contributed by atoms with Crippen LogP contribution in [0.5, 0.6) is 0 Å². The van der Waals surface area contributed by atoms with E-state index in [1.54, 1.807) is 30.3 Å². The summed E-state index contributed by atoms with van der Waals surface area (Å²) in [5.41, 5.74) is 6.14. The highest BCUT2D eigenvalue weighted by molar-refractivity contribution is 6.37. The number of benzene rings is 2. The summed E-state index contributed by atoms with van der Waals surface area (Å²) < 4.78 is 0. The van der Waals surface area contributed by atoms with Gasteiger partial charge in [0.25, 0.3) is 5.91 Å². The predicted octanol–water partition coefficient (Wildman–Crippen LogP) is 2.27. The van der Waals surface area contributed by atoms with Crippen molar-refractivity contribution >= 4 is 34.2 Å². The van der Waals surface area contributed by atoms with E-state index in [1.807, 2.05) is 14.1 Å². The number of fused-ring (bicyclic) bond motifs is 1. The first-order valence-electron chi connectivity index (χ1n) is 7.35. The van der Waals surface area contributed by atoms with Gasteiger partial charge in [-0.3, -0.25) is 9.59 Å². The number of halogens is 1. The maximum absolute atomic E-state index is 12.5. The van der Waals surface area contributed by atoms with E-state index in [9.17, 15) is 9.59 Å². The summed E-state index contributed by atoms with van der Waals surface area (Å²) >= 11 is 6.18. The fourth-order valence-corrected chi connectivity index (χ4v) is 2.68. The van der Waals surface area contributed by atoms with Crippen LogP contribution in [0.1, 0.15) is 27.1 Å². The number of nitrogens with two attached hydrogens (primary N) is 1. The highest BCUT2D eigenvalue weighted by atomic mass is 35.5. The highest BCUT2D eigenvalue weighted by Gasteiger charge is 2.17. The van der Waals surface area contributed by atoms with Gasteiger partial charge in [0.15, 0.2) is 0 Å². The molecule has 5 nitrogen and oxygen atoms in total. The molecule has 0 atom stereocenters. The van der Waals surface area contributed by atoms with Crippen molar-refractivity contribution in [1.82, 2.24) is 10.2 Å². The van der Waals surface area contributed by atoms with Crippen LogP contribution < -0.4 is 11.1 Å². The lowest BCUT2D eigenvalue weighted by atomic mass is 9.98. The molecule has 0 aliphatic heterocycles. The van der Waals surface area contributed by atoms with Crippen LogP contribution in [-0.2, 0) is 0 Å². The molecule has 0 spiro atoms. The van der Waals surface area contributed by atoms with Gasteiger partial charge in [-0.15, -0.1) is 0 Å². The summed E-state index contributed by atoms with van der Waals surface area (Å²) in [5, 5.41) is 4.49. The molecule has 6 heteroatoms. The van der Waals surface area contributed by atoms with Gasteiger partial charge in [0.1, 0.15) is 0 Å². The molecule has 0 unspecified atom stereocenters. The molecule has 0 aliphatic carbocycles. The Morgan fingerprint density at radius 2 is 1.91 bits per heavy atom. The van der Waals surface area contributed by atoms with Crippen LogP contribution in [0, 0.1) is 0 Å². The number of nitrogens with one attached hydrogen (secondary N) is 1. The Kier molecular flexibility index (Phi) is 5.58. The molecule has 0 radical (unpaired) electrons. The largest absolute Gasteiger partial charge is 0.366 e. The molecule has 2 amide bonds. The average molecular weight is 334 g/mol. The van der Waals surface area contributed by atoms with Crippen LogP contribution in [-0.4, -0.2) is 43.9 Å². The number of amides is 2. The third-order valence-corrected chi connectivity index (χ3v) is 3.89. The summed E-state index contributed by atoms with van der Waals surface area (Å²) in [5.74, 6) is -0.821. The maximum atomic E-state index is 12.5. The summed E-state index contributed by atoms with van der Waals surface area (Å²) in [4.78, 5) is 26.2. The molecule has 122 valence electrons. The molecular formula is C17H20ClN3O2. The van der Waals surface area contributed by atoms with Crippen LogP contribution in [0.15, 0.2) is 30.3 Å². The summed E-state index contributed by atoms with van der Waals surface area (Å²) in [6.45, 7) is 1.44. The minimum absolute atomic E-state index is 0.237. The first kappa shape index (κ1) is 17.2. The normalized spacial score (nSPS) is 11.0. The predicted molar refractivity (Wildman–Crippen MR) is 93.0 cm³/mol. The fraction of sp³-hybridized carbons (Fsp3) is 0.294. The van der Waals surface area contributed by atoms with E-state index >= 15 is 0 Å². The molecule has 0 saturated carbocycles. The van der Waals surface area contributed by atoms with Crippen molar-refractivity contribution < 1.29 is 9.59 Å². The lowest BCUT2D eigenvalue weighted by molar-refractivity contribution is 0.0954. The molecular weight excluding hydrogens is 314 g/mol. The molecule has 3 N–H and O–H groups in total. The average Bonchev–Trinajstić information content (AvgIpc) is 2.51. The van der Waals surface area contributed by atoms with Crippen LogP contribution in [0.25, 0.3) is 10.8 Å². The van der Waals surface area contributed by atoms with Gasteiger partial charge in [-0.1, -0.05) is 23.7 Å². The van der Waals surface area contributed by atoms with Crippen molar-refractivity contribution in [2.75, 3.05) is 27.2 Å². The third kappa shape index (κ3) is 4.00. The maximum Gasteiger partial charge on any atom is 0.251 e. The molecule has 2 rings (SSSR count). The van der Waals surface area contributed by atoms with Gasteiger partial charge in [0.2, 0.25) is 5.91 Å². The van der Waals surface area contributed by atoms with Crippen LogP contribution in [0.3, 0.4) is 0 Å². The molecule has 0 bridgehead atoms. The quantitative estimate of drug-likeness (QED) is 0.796. The van der Waals surface area contributed by atoms with Crippen molar-refractivity contribution in [3.8, 4) is 0 Å². The summed E-state index contributed by atoms with van der Waals surface area (Å²) in [6, 6.07) is 8.35. The van der Waals surface area contributed by atoms with Gasteiger partial charge in [-0.2, -0.15) is 0 Å². The van der Waals surface area contributed by atoms with Crippen molar-refractivity contribution in [2.45, 2.75) is 6.42 Å². The van der Waals surface area contributed by atoms with Gasteiger partial charge in [0.05, 0.1) is 0 Å². The molecule has 0 aromatic heterocycles. The Morgan fingerprint density at radius 3 is 2.57 bits per heavy atom. The SMILES string of the molecule is CN(C)CCCNC(=O)c1ccc(Cl)c2cccc(C(N)=O)c12. The monoisotopic (exact) mass is 333 g/mol. The van der Waals surface area contributed by atoms with Gasteiger partial charge >= 0.3 is 0 Å². The molecule has 2 aromatic rings. The number of nitrogens with zero attached hydrogens (tertiary/aromatic N) is 1. The zero-order valence-corrected chi connectivity index (χ0v) is 14.0. The zero-order chi connectivity index (χ0) is 17.0. The van der Waals surface area contributed by atoms with Crippen molar-refractivity contribution in [3.63, 3.8) is 0 Å². The Bertz CT molecular complexity index is 744. The van der Waals surface area contributed by atoms with E-state index in [2.05, 4.69) is 10.2 Å². The standard InChI is InChI=1S/C17H20ClN3O2/c1-21(2)10-4-9-20-17(23)13-7-8-14(18)11-5-3-6-12(15(11)13)16(19)22/h3,5-8H,4,9-10H2,1-2H3,(H2,19,22)(H,20,23). The van der Waals surface area contributed by atoms with Crippen molar-refractivity contribution in [3.05, 3.63) is 46.5 Å². The van der Waals surface area contributed by atoms with Crippen molar-refractivity contribution in [1.29, 1.82) is 0 Å². The van der Waals surface area contributed by atoms with Gasteiger partial charge in [-0.25, -0.2) is 0 Å². The Hall–Kier alpha value is -2.11. The molecule has 0 aliphatic rings. The third-order valence-electron chi connectivity index (χ3n) is 3.57. The second-order valence-electron chi connectivity index (χ2n) is 5.60. The highest BCUT2D eigenvalue weighted by Crippen LogP contribution is 2.29. The smallest absolute Gasteiger partial charge is 0.251 e. The minimum Gasteiger partial charge on any atom is -0.366 e. The first-order valence-corrected chi connectivity index (χ1v) is 7.73. The fourth-order valence-electron chi connectivity index (χ4n) is 2.46. The molecule has 0 saturated heterocycles. The Labute approximate surface area is 140 Å². The van der Waals surface area contributed by atoms with E-state index in [0.29, 0.717) is 33.5 Å². The summed E-state index contributed by atoms with van der Waals surface area (Å²) in [7, 11) is 3.96. The van der Waals surface area contributed by atoms with Gasteiger partial charge in [-0.05, 0) is 45.3 Å². The van der Waals surface area contributed by atoms with Crippen LogP contribution in [0.4, 0.5) is 0 Å². The van der Waals surface area contributed by atoms with E-state index in [-0.39, 0.29) is 5.91 Å². The van der Waals surface area contributed by atoms with Gasteiger partial charge < -0.3 is 16.0 Å². The Balaban J connectivity index is 2.35. The minimum atomic E-state index is -0.584. The number of primary amides is 1. The first-order chi connectivity index (χ1) is 10.9. The van der Waals surface area contributed by atoms with Crippen LogP contribution in [0.2, 0.25) is 5.02 Å². The summed E-state index contributed by atoms with van der Waals surface area (Å²) in [6.07, 6.45) is 0.840. The second kappa shape index (κ2) is 7.44. The lowest BCUT2D eigenvalue weighted by Crippen LogP contribution is -2.27. The topological polar surface area (TPSA) is 75.4 Å². The van der Waals surface area contributed by atoms with E-state index < -0.39 is 5.91 Å². The van der Waals surface area contributed by atoms with E-state index in [4.69, 9.17) is 17.3 Å². The molecule has 23 heavy (non-hydrogen) atoms. The van der Waals surface area contributed by atoms with E-state index in [1.165, 1.54) is 0 Å². The lowest BCUT2D eigenvalue weighted by Gasteiger charge is -2.13. The molecule has 0 heterocycles. The Morgan fingerprint density at radius 1 is 1.17 bits per heavy atom.